The van der Waals surface area contributed by atoms with Crippen molar-refractivity contribution in [3.8, 4) is 0 Å². The lowest BCUT2D eigenvalue weighted by molar-refractivity contribution is -0.137. The largest absolute Gasteiger partial charge is 0.481 e. The maximum absolute atomic E-state index is 12.0. The standard InChI is InChI=1S/C15H23NO4S/c1-12(8-9-15(17)18)10-16-21(19,20)11-13(2)14-6-4-3-5-7-14/h3-7,12-13,16H,8-11H2,1-2H3,(H,17,18). The van der Waals surface area contributed by atoms with E-state index >= 15 is 0 Å². The van der Waals surface area contributed by atoms with Gasteiger partial charge in [-0.3, -0.25) is 4.79 Å². The van der Waals surface area contributed by atoms with Gasteiger partial charge < -0.3 is 5.11 Å². The molecule has 6 heteroatoms. The summed E-state index contributed by atoms with van der Waals surface area (Å²) < 4.78 is 26.6. The Bertz CT molecular complexity index is 542. The first-order valence-corrected chi connectivity index (χ1v) is 8.69. The number of aliphatic carboxylic acids is 1. The molecule has 2 atom stereocenters. The molecule has 0 aromatic heterocycles. The highest BCUT2D eigenvalue weighted by atomic mass is 32.2. The van der Waals surface area contributed by atoms with Crippen molar-refractivity contribution in [1.29, 1.82) is 0 Å². The van der Waals surface area contributed by atoms with Gasteiger partial charge in [0.15, 0.2) is 0 Å². The molecule has 0 fully saturated rings. The fourth-order valence-corrected chi connectivity index (χ4v) is 3.51. The molecule has 1 aromatic rings. The lowest BCUT2D eigenvalue weighted by atomic mass is 10.0. The Morgan fingerprint density at radius 2 is 1.86 bits per heavy atom. The van der Waals surface area contributed by atoms with Crippen LogP contribution < -0.4 is 4.72 Å². The molecule has 2 unspecified atom stereocenters. The molecule has 0 aliphatic rings. The molecular formula is C15H23NO4S. The lowest BCUT2D eigenvalue weighted by Crippen LogP contribution is -2.32. The number of carboxylic acid groups (broad SMARTS) is 1. The first-order valence-electron chi connectivity index (χ1n) is 7.04. The molecule has 5 nitrogen and oxygen atoms in total. The summed E-state index contributed by atoms with van der Waals surface area (Å²) in [6, 6.07) is 9.50. The van der Waals surface area contributed by atoms with E-state index < -0.39 is 16.0 Å². The van der Waals surface area contributed by atoms with Gasteiger partial charge in [-0.1, -0.05) is 44.2 Å². The Labute approximate surface area is 126 Å². The highest BCUT2D eigenvalue weighted by Gasteiger charge is 2.17. The van der Waals surface area contributed by atoms with Gasteiger partial charge in [-0.2, -0.15) is 0 Å². The van der Waals surface area contributed by atoms with Crippen molar-refractivity contribution in [2.75, 3.05) is 12.3 Å². The molecule has 0 aliphatic heterocycles. The average Bonchev–Trinajstić information content (AvgIpc) is 2.43. The van der Waals surface area contributed by atoms with Gasteiger partial charge in [0.2, 0.25) is 10.0 Å². The van der Waals surface area contributed by atoms with E-state index in [2.05, 4.69) is 4.72 Å². The van der Waals surface area contributed by atoms with Crippen molar-refractivity contribution < 1.29 is 18.3 Å². The van der Waals surface area contributed by atoms with Crippen LogP contribution in [-0.2, 0) is 14.8 Å². The average molecular weight is 313 g/mol. The molecule has 0 bridgehead atoms. The van der Waals surface area contributed by atoms with Crippen LogP contribution in [0.5, 0.6) is 0 Å². The fourth-order valence-electron chi connectivity index (χ4n) is 2.01. The topological polar surface area (TPSA) is 83.5 Å². The number of sulfonamides is 1. The van der Waals surface area contributed by atoms with Gasteiger partial charge in [0.05, 0.1) is 5.75 Å². The molecule has 0 saturated heterocycles. The number of hydrogen-bond donors (Lipinski definition) is 2. The fraction of sp³-hybridized carbons (Fsp3) is 0.533. The maximum atomic E-state index is 12.0. The minimum absolute atomic E-state index is 0.00269. The van der Waals surface area contributed by atoms with Crippen molar-refractivity contribution in [3.05, 3.63) is 35.9 Å². The summed E-state index contributed by atoms with van der Waals surface area (Å²) in [6.45, 7) is 3.99. The number of nitrogens with one attached hydrogen (secondary N) is 1. The third-order valence-electron chi connectivity index (χ3n) is 3.34. The zero-order chi connectivity index (χ0) is 15.9. The van der Waals surface area contributed by atoms with E-state index in [1.165, 1.54) is 0 Å². The third kappa shape index (κ3) is 7.24. The molecule has 1 aromatic carbocycles. The number of carboxylic acids is 1. The summed E-state index contributed by atoms with van der Waals surface area (Å²) in [5, 5.41) is 8.60. The van der Waals surface area contributed by atoms with Crippen LogP contribution in [-0.4, -0.2) is 31.8 Å². The smallest absolute Gasteiger partial charge is 0.303 e. The number of carbonyl (C=O) groups is 1. The van der Waals surface area contributed by atoms with Gasteiger partial charge in [-0.15, -0.1) is 0 Å². The van der Waals surface area contributed by atoms with Crippen molar-refractivity contribution in [3.63, 3.8) is 0 Å². The van der Waals surface area contributed by atoms with Gasteiger partial charge >= 0.3 is 5.97 Å². The second-order valence-corrected chi connectivity index (χ2v) is 7.33. The maximum Gasteiger partial charge on any atom is 0.303 e. The highest BCUT2D eigenvalue weighted by molar-refractivity contribution is 7.89. The predicted octanol–water partition coefficient (Wildman–Crippen LogP) is 2.21. The van der Waals surface area contributed by atoms with Crippen molar-refractivity contribution >= 4 is 16.0 Å². The summed E-state index contributed by atoms with van der Waals surface area (Å²) >= 11 is 0. The van der Waals surface area contributed by atoms with Crippen LogP contribution in [0.3, 0.4) is 0 Å². The van der Waals surface area contributed by atoms with Crippen LogP contribution in [0.2, 0.25) is 0 Å². The Morgan fingerprint density at radius 1 is 1.24 bits per heavy atom. The second-order valence-electron chi connectivity index (χ2n) is 5.48. The van der Waals surface area contributed by atoms with Crippen LogP contribution in [0.1, 0.15) is 38.2 Å². The SMILES string of the molecule is CC(CCC(=O)O)CNS(=O)(=O)CC(C)c1ccccc1. The van der Waals surface area contributed by atoms with Crippen molar-refractivity contribution in [2.24, 2.45) is 5.92 Å². The van der Waals surface area contributed by atoms with E-state index in [1.54, 1.807) is 0 Å². The summed E-state index contributed by atoms with van der Waals surface area (Å²) in [5.74, 6) is -0.911. The van der Waals surface area contributed by atoms with Gasteiger partial charge in [0.1, 0.15) is 0 Å². The van der Waals surface area contributed by atoms with Gasteiger partial charge in [-0.05, 0) is 23.8 Å². The summed E-state index contributed by atoms with van der Waals surface area (Å²) in [7, 11) is -3.36. The summed E-state index contributed by atoms with van der Waals surface area (Å²) in [6.07, 6.45) is 0.523. The Morgan fingerprint density at radius 3 is 2.43 bits per heavy atom. The highest BCUT2D eigenvalue weighted by Crippen LogP contribution is 2.16. The van der Waals surface area contributed by atoms with E-state index in [1.807, 2.05) is 44.2 Å². The molecule has 1 rings (SSSR count). The van der Waals surface area contributed by atoms with Crippen LogP contribution in [0.15, 0.2) is 30.3 Å². The molecule has 0 saturated carbocycles. The normalized spacial score (nSPS) is 14.6. The number of rotatable bonds is 9. The second kappa shape index (κ2) is 8.14. The zero-order valence-corrected chi connectivity index (χ0v) is 13.3. The molecule has 118 valence electrons. The quantitative estimate of drug-likeness (QED) is 0.732. The molecule has 0 amide bonds. The van der Waals surface area contributed by atoms with Gasteiger partial charge in [-0.25, -0.2) is 13.1 Å². The molecule has 0 heterocycles. The Hall–Kier alpha value is -1.40. The Balaban J connectivity index is 2.45. The summed E-state index contributed by atoms with van der Waals surface area (Å²) in [4.78, 5) is 10.5. The minimum atomic E-state index is -3.36. The predicted molar refractivity (Wildman–Crippen MR) is 82.7 cm³/mol. The number of benzene rings is 1. The molecule has 2 N–H and O–H groups in total. The zero-order valence-electron chi connectivity index (χ0n) is 12.5. The van der Waals surface area contributed by atoms with E-state index in [-0.39, 0.29) is 30.6 Å². The minimum Gasteiger partial charge on any atom is -0.481 e. The van der Waals surface area contributed by atoms with Crippen LogP contribution >= 0.6 is 0 Å². The Kier molecular flexibility index (Phi) is 6.84. The van der Waals surface area contributed by atoms with Crippen LogP contribution in [0.25, 0.3) is 0 Å². The van der Waals surface area contributed by atoms with E-state index in [4.69, 9.17) is 5.11 Å². The van der Waals surface area contributed by atoms with Crippen molar-refractivity contribution in [2.45, 2.75) is 32.6 Å². The molecular weight excluding hydrogens is 290 g/mol. The first kappa shape index (κ1) is 17.7. The van der Waals surface area contributed by atoms with Gasteiger partial charge in [0, 0.05) is 13.0 Å². The first-order chi connectivity index (χ1) is 9.80. The lowest BCUT2D eigenvalue weighted by Gasteiger charge is -2.15. The molecule has 21 heavy (non-hydrogen) atoms. The van der Waals surface area contributed by atoms with E-state index in [0.717, 1.165) is 5.56 Å². The molecule has 0 radical (unpaired) electrons. The van der Waals surface area contributed by atoms with E-state index in [0.29, 0.717) is 6.42 Å². The molecule has 0 spiro atoms. The number of hydrogen-bond acceptors (Lipinski definition) is 3. The summed E-state index contributed by atoms with van der Waals surface area (Å²) in [5.41, 5.74) is 0.988. The van der Waals surface area contributed by atoms with Crippen LogP contribution in [0.4, 0.5) is 0 Å². The monoisotopic (exact) mass is 313 g/mol. The third-order valence-corrected chi connectivity index (χ3v) is 4.89. The molecule has 0 aliphatic carbocycles. The van der Waals surface area contributed by atoms with Crippen LogP contribution in [0, 0.1) is 5.92 Å². The van der Waals surface area contributed by atoms with Gasteiger partial charge in [0.25, 0.3) is 0 Å². The van der Waals surface area contributed by atoms with Crippen molar-refractivity contribution in [1.82, 2.24) is 4.72 Å². The van der Waals surface area contributed by atoms with E-state index in [9.17, 15) is 13.2 Å².